The Labute approximate surface area is 109 Å². The second-order valence-electron chi connectivity index (χ2n) is 5.35. The molecule has 1 aliphatic carbocycles. The van der Waals surface area contributed by atoms with Crippen molar-refractivity contribution in [1.29, 1.82) is 0 Å². The third kappa shape index (κ3) is 3.29. The van der Waals surface area contributed by atoms with Gasteiger partial charge < -0.3 is 5.32 Å². The zero-order chi connectivity index (χ0) is 12.3. The predicted octanol–water partition coefficient (Wildman–Crippen LogP) is 4.11. The molecule has 17 heavy (non-hydrogen) atoms. The summed E-state index contributed by atoms with van der Waals surface area (Å²) >= 11 is 1.92. The molecule has 3 heteroatoms. The van der Waals surface area contributed by atoms with E-state index in [1.54, 1.807) is 0 Å². The van der Waals surface area contributed by atoms with Gasteiger partial charge in [0, 0.05) is 23.0 Å². The SMILES string of the molecule is CCNC(C)c1cnc(C2CCCC(C)C2)s1. The first-order valence-electron chi connectivity index (χ1n) is 6.89. The van der Waals surface area contributed by atoms with Gasteiger partial charge >= 0.3 is 0 Å². The summed E-state index contributed by atoms with van der Waals surface area (Å²) in [5.41, 5.74) is 0. The highest BCUT2D eigenvalue weighted by Gasteiger charge is 2.23. The van der Waals surface area contributed by atoms with Gasteiger partial charge in [0.1, 0.15) is 0 Å². The molecule has 1 aliphatic rings. The number of rotatable bonds is 4. The minimum atomic E-state index is 0.451. The summed E-state index contributed by atoms with van der Waals surface area (Å²) in [5, 5.41) is 4.83. The van der Waals surface area contributed by atoms with Crippen molar-refractivity contribution in [3.63, 3.8) is 0 Å². The van der Waals surface area contributed by atoms with Gasteiger partial charge in [-0.25, -0.2) is 4.98 Å². The first-order chi connectivity index (χ1) is 8.20. The largest absolute Gasteiger partial charge is 0.310 e. The van der Waals surface area contributed by atoms with Gasteiger partial charge in [0.15, 0.2) is 0 Å². The van der Waals surface area contributed by atoms with Crippen molar-refractivity contribution in [2.75, 3.05) is 6.54 Å². The van der Waals surface area contributed by atoms with Crippen molar-refractivity contribution in [1.82, 2.24) is 10.3 Å². The lowest BCUT2D eigenvalue weighted by atomic mass is 9.83. The van der Waals surface area contributed by atoms with Crippen LogP contribution in [-0.4, -0.2) is 11.5 Å². The lowest BCUT2D eigenvalue weighted by molar-refractivity contribution is 0.343. The predicted molar refractivity (Wildman–Crippen MR) is 74.6 cm³/mol. The molecular formula is C14H24N2S. The second kappa shape index (κ2) is 5.96. The van der Waals surface area contributed by atoms with Gasteiger partial charge in [-0.1, -0.05) is 26.7 Å². The smallest absolute Gasteiger partial charge is 0.0959 e. The average molecular weight is 252 g/mol. The highest BCUT2D eigenvalue weighted by atomic mass is 32.1. The summed E-state index contributed by atoms with van der Waals surface area (Å²) in [6, 6.07) is 0.451. The van der Waals surface area contributed by atoms with Gasteiger partial charge in [0.05, 0.1) is 5.01 Å². The zero-order valence-electron chi connectivity index (χ0n) is 11.2. The van der Waals surface area contributed by atoms with E-state index in [1.165, 1.54) is 35.6 Å². The summed E-state index contributed by atoms with van der Waals surface area (Å²) < 4.78 is 0. The molecule has 3 atom stereocenters. The maximum atomic E-state index is 4.66. The Hall–Kier alpha value is -0.410. The fourth-order valence-corrected chi connectivity index (χ4v) is 3.85. The summed E-state index contributed by atoms with van der Waals surface area (Å²) in [5.74, 6) is 1.61. The van der Waals surface area contributed by atoms with Crippen LogP contribution in [0.5, 0.6) is 0 Å². The van der Waals surface area contributed by atoms with Crippen LogP contribution in [0.2, 0.25) is 0 Å². The van der Waals surface area contributed by atoms with Crippen LogP contribution in [0.3, 0.4) is 0 Å². The maximum absolute atomic E-state index is 4.66. The zero-order valence-corrected chi connectivity index (χ0v) is 12.0. The lowest BCUT2D eigenvalue weighted by Gasteiger charge is -2.24. The molecule has 1 saturated carbocycles. The Morgan fingerprint density at radius 3 is 3.06 bits per heavy atom. The molecule has 0 radical (unpaired) electrons. The van der Waals surface area contributed by atoms with Crippen molar-refractivity contribution >= 4 is 11.3 Å². The van der Waals surface area contributed by atoms with Crippen LogP contribution < -0.4 is 5.32 Å². The molecule has 0 saturated heterocycles. The fourth-order valence-electron chi connectivity index (χ4n) is 2.75. The third-order valence-corrected chi connectivity index (χ3v) is 5.11. The number of aromatic nitrogens is 1. The highest BCUT2D eigenvalue weighted by Crippen LogP contribution is 2.38. The molecule has 0 aliphatic heterocycles. The minimum absolute atomic E-state index is 0.451. The molecule has 1 aromatic rings. The van der Waals surface area contributed by atoms with Crippen LogP contribution in [0.1, 0.15) is 68.3 Å². The normalized spacial score (nSPS) is 27.0. The van der Waals surface area contributed by atoms with Crippen LogP contribution in [-0.2, 0) is 0 Å². The van der Waals surface area contributed by atoms with Gasteiger partial charge in [0.25, 0.3) is 0 Å². The van der Waals surface area contributed by atoms with E-state index in [-0.39, 0.29) is 0 Å². The van der Waals surface area contributed by atoms with E-state index in [1.807, 2.05) is 11.3 Å². The van der Waals surface area contributed by atoms with Crippen LogP contribution in [0.15, 0.2) is 6.20 Å². The van der Waals surface area contributed by atoms with Gasteiger partial charge in [-0.3, -0.25) is 0 Å². The standard InChI is InChI=1S/C14H24N2S/c1-4-15-11(3)13-9-16-14(17-13)12-7-5-6-10(2)8-12/h9-12,15H,4-8H2,1-3H3. The van der Waals surface area contributed by atoms with E-state index in [0.717, 1.165) is 18.4 Å². The molecule has 1 aromatic heterocycles. The fraction of sp³-hybridized carbons (Fsp3) is 0.786. The van der Waals surface area contributed by atoms with Gasteiger partial charge in [-0.15, -0.1) is 11.3 Å². The van der Waals surface area contributed by atoms with Crippen molar-refractivity contribution in [2.45, 2.75) is 58.4 Å². The minimum Gasteiger partial charge on any atom is -0.310 e. The molecule has 3 unspecified atom stereocenters. The average Bonchev–Trinajstić information content (AvgIpc) is 2.78. The molecule has 1 heterocycles. The van der Waals surface area contributed by atoms with Crippen molar-refractivity contribution in [3.8, 4) is 0 Å². The maximum Gasteiger partial charge on any atom is 0.0959 e. The van der Waals surface area contributed by atoms with Gasteiger partial charge in [0.2, 0.25) is 0 Å². The Bertz CT molecular complexity index is 348. The summed E-state index contributed by atoms with van der Waals surface area (Å²) in [6.07, 6.45) is 7.54. The van der Waals surface area contributed by atoms with E-state index in [0.29, 0.717) is 6.04 Å². The monoisotopic (exact) mass is 252 g/mol. The van der Waals surface area contributed by atoms with Gasteiger partial charge in [-0.05, 0) is 32.2 Å². The molecule has 0 spiro atoms. The van der Waals surface area contributed by atoms with Crippen LogP contribution in [0.25, 0.3) is 0 Å². The Morgan fingerprint density at radius 2 is 2.35 bits per heavy atom. The molecule has 1 fully saturated rings. The lowest BCUT2D eigenvalue weighted by Crippen LogP contribution is -2.16. The van der Waals surface area contributed by atoms with Crippen LogP contribution in [0, 0.1) is 5.92 Å². The first-order valence-corrected chi connectivity index (χ1v) is 7.71. The van der Waals surface area contributed by atoms with Crippen molar-refractivity contribution in [3.05, 3.63) is 16.1 Å². The Morgan fingerprint density at radius 1 is 1.53 bits per heavy atom. The Kier molecular flexibility index (Phi) is 4.57. The van der Waals surface area contributed by atoms with E-state index < -0.39 is 0 Å². The molecular weight excluding hydrogens is 228 g/mol. The van der Waals surface area contributed by atoms with Crippen LogP contribution in [0.4, 0.5) is 0 Å². The molecule has 2 nitrogen and oxygen atoms in total. The number of hydrogen-bond donors (Lipinski definition) is 1. The topological polar surface area (TPSA) is 24.9 Å². The molecule has 96 valence electrons. The van der Waals surface area contributed by atoms with E-state index in [2.05, 4.69) is 37.3 Å². The molecule has 0 aromatic carbocycles. The molecule has 0 bridgehead atoms. The summed E-state index contributed by atoms with van der Waals surface area (Å²) in [6.45, 7) is 7.78. The molecule has 2 rings (SSSR count). The van der Waals surface area contributed by atoms with E-state index in [4.69, 9.17) is 0 Å². The highest BCUT2D eigenvalue weighted by molar-refractivity contribution is 7.11. The molecule has 0 amide bonds. The van der Waals surface area contributed by atoms with Gasteiger partial charge in [-0.2, -0.15) is 0 Å². The first kappa shape index (κ1) is 13.0. The third-order valence-electron chi connectivity index (χ3n) is 3.76. The summed E-state index contributed by atoms with van der Waals surface area (Å²) in [7, 11) is 0. The Balaban J connectivity index is 2.02. The number of nitrogens with zero attached hydrogens (tertiary/aromatic N) is 1. The number of hydrogen-bond acceptors (Lipinski definition) is 3. The van der Waals surface area contributed by atoms with E-state index >= 15 is 0 Å². The molecule has 1 N–H and O–H groups in total. The second-order valence-corrected chi connectivity index (χ2v) is 6.44. The summed E-state index contributed by atoms with van der Waals surface area (Å²) in [4.78, 5) is 6.05. The quantitative estimate of drug-likeness (QED) is 0.872. The van der Waals surface area contributed by atoms with Crippen LogP contribution >= 0.6 is 11.3 Å². The van der Waals surface area contributed by atoms with Crippen molar-refractivity contribution in [2.24, 2.45) is 5.92 Å². The van der Waals surface area contributed by atoms with E-state index in [9.17, 15) is 0 Å². The number of thiazole rings is 1. The number of nitrogens with one attached hydrogen (secondary N) is 1. The van der Waals surface area contributed by atoms with Crippen molar-refractivity contribution < 1.29 is 0 Å².